The molecule has 0 spiro atoms. The molecule has 0 aromatic heterocycles. The highest BCUT2D eigenvalue weighted by atomic mass is 16.6. The van der Waals surface area contributed by atoms with Crippen LogP contribution < -0.4 is 9.47 Å². The molecule has 4 heteroatoms. The van der Waals surface area contributed by atoms with Crippen LogP contribution in [0.5, 0.6) is 11.5 Å². The lowest BCUT2D eigenvalue weighted by molar-refractivity contribution is 0.259. The molecule has 2 atom stereocenters. The van der Waals surface area contributed by atoms with Crippen LogP contribution in [0.15, 0.2) is 48.5 Å². The first kappa shape index (κ1) is 15.5. The van der Waals surface area contributed by atoms with E-state index in [1.54, 1.807) is 0 Å². The van der Waals surface area contributed by atoms with Gasteiger partial charge in [-0.3, -0.25) is 0 Å². The number of epoxide rings is 2. The quantitative estimate of drug-likeness (QED) is 0.664. The molecule has 2 fully saturated rings. The van der Waals surface area contributed by atoms with E-state index in [9.17, 15) is 0 Å². The van der Waals surface area contributed by atoms with Gasteiger partial charge in [-0.15, -0.1) is 0 Å². The minimum Gasteiger partial charge on any atom is -0.491 e. The largest absolute Gasteiger partial charge is 0.491 e. The lowest BCUT2D eigenvalue weighted by Crippen LogP contribution is -2.07. The van der Waals surface area contributed by atoms with Gasteiger partial charge < -0.3 is 18.9 Å². The van der Waals surface area contributed by atoms with E-state index in [-0.39, 0.29) is 12.2 Å². The summed E-state index contributed by atoms with van der Waals surface area (Å²) in [6.07, 6.45) is 2.39. The van der Waals surface area contributed by atoms with Gasteiger partial charge in [0.05, 0.1) is 13.2 Å². The van der Waals surface area contributed by atoms with Gasteiger partial charge >= 0.3 is 0 Å². The summed E-state index contributed by atoms with van der Waals surface area (Å²) in [5, 5.41) is 0. The maximum atomic E-state index is 5.89. The Balaban J connectivity index is 1.39. The number of hydrogen-bond donors (Lipinski definition) is 0. The minimum atomic E-state index is 0.275. The second-order valence-electron chi connectivity index (χ2n) is 6.25. The molecule has 0 N–H and O–H groups in total. The first-order chi connectivity index (χ1) is 11.9. The summed E-state index contributed by atoms with van der Waals surface area (Å²) in [7, 11) is 0. The first-order valence-corrected chi connectivity index (χ1v) is 8.53. The molecule has 126 valence electrons. The predicted octanol–water partition coefficient (Wildman–Crippen LogP) is 3.03. The van der Waals surface area contributed by atoms with E-state index < -0.39 is 0 Å². The molecular formula is C20H22O4. The van der Waals surface area contributed by atoms with Crippen LogP contribution in [0.25, 0.3) is 0 Å². The van der Waals surface area contributed by atoms with Crippen molar-refractivity contribution < 1.29 is 18.9 Å². The molecule has 2 aromatic rings. The summed E-state index contributed by atoms with van der Waals surface area (Å²) in [5.74, 6) is 1.91. The van der Waals surface area contributed by atoms with Gasteiger partial charge in [-0.25, -0.2) is 0 Å². The molecule has 2 saturated heterocycles. The van der Waals surface area contributed by atoms with Crippen molar-refractivity contribution in [1.82, 2.24) is 0 Å². The highest BCUT2D eigenvalue weighted by molar-refractivity contribution is 5.37. The molecule has 2 aliphatic rings. The summed E-state index contributed by atoms with van der Waals surface area (Å²) < 4.78 is 22.2. The molecule has 0 bridgehead atoms. The van der Waals surface area contributed by atoms with Gasteiger partial charge in [0.25, 0.3) is 0 Å². The number of ether oxygens (including phenoxy) is 4. The SMILES string of the molecule is c1ccc(OCC2CO2)c(CCc2ccccc2OCC2CO2)c1. The third-order valence-electron chi connectivity index (χ3n) is 4.26. The van der Waals surface area contributed by atoms with Gasteiger partial charge in [-0.1, -0.05) is 36.4 Å². The summed E-state index contributed by atoms with van der Waals surface area (Å²) in [4.78, 5) is 0. The Morgan fingerprint density at radius 2 is 1.12 bits per heavy atom. The van der Waals surface area contributed by atoms with Crippen molar-refractivity contribution in [2.24, 2.45) is 0 Å². The molecule has 24 heavy (non-hydrogen) atoms. The van der Waals surface area contributed by atoms with Crippen LogP contribution in [-0.4, -0.2) is 38.6 Å². The van der Waals surface area contributed by atoms with E-state index in [1.807, 2.05) is 24.3 Å². The molecule has 0 radical (unpaired) electrons. The molecule has 0 saturated carbocycles. The summed E-state index contributed by atoms with van der Waals surface area (Å²) >= 11 is 0. The Hall–Kier alpha value is -2.04. The molecule has 0 aliphatic carbocycles. The number of benzene rings is 2. The Bertz CT molecular complexity index is 617. The highest BCUT2D eigenvalue weighted by Gasteiger charge is 2.24. The fourth-order valence-corrected chi connectivity index (χ4v) is 2.67. The van der Waals surface area contributed by atoms with Gasteiger partial charge in [-0.05, 0) is 36.1 Å². The number of aryl methyl sites for hydroxylation is 2. The van der Waals surface area contributed by atoms with Crippen molar-refractivity contribution in [3.63, 3.8) is 0 Å². The summed E-state index contributed by atoms with van der Waals surface area (Å²) in [6.45, 7) is 2.91. The molecule has 2 unspecified atom stereocenters. The smallest absolute Gasteiger partial charge is 0.122 e. The Morgan fingerprint density at radius 1 is 0.708 bits per heavy atom. The monoisotopic (exact) mass is 326 g/mol. The van der Waals surface area contributed by atoms with E-state index in [1.165, 1.54) is 11.1 Å². The number of hydrogen-bond acceptors (Lipinski definition) is 4. The Labute approximate surface area is 142 Å². The van der Waals surface area contributed by atoms with Crippen LogP contribution in [0.2, 0.25) is 0 Å². The van der Waals surface area contributed by atoms with E-state index in [2.05, 4.69) is 24.3 Å². The normalized spacial score (nSPS) is 21.3. The van der Waals surface area contributed by atoms with Crippen LogP contribution in [0, 0.1) is 0 Å². The van der Waals surface area contributed by atoms with E-state index in [0.717, 1.165) is 37.6 Å². The second-order valence-corrected chi connectivity index (χ2v) is 6.25. The molecule has 4 rings (SSSR count). The molecule has 4 nitrogen and oxygen atoms in total. The van der Waals surface area contributed by atoms with Crippen molar-refractivity contribution in [3.8, 4) is 11.5 Å². The Kier molecular flexibility index (Phi) is 4.67. The van der Waals surface area contributed by atoms with Gasteiger partial charge in [0, 0.05) is 0 Å². The highest BCUT2D eigenvalue weighted by Crippen LogP contribution is 2.25. The van der Waals surface area contributed by atoms with E-state index >= 15 is 0 Å². The van der Waals surface area contributed by atoms with Gasteiger partial charge in [-0.2, -0.15) is 0 Å². The topological polar surface area (TPSA) is 43.5 Å². The zero-order valence-electron chi connectivity index (χ0n) is 13.6. The first-order valence-electron chi connectivity index (χ1n) is 8.53. The average molecular weight is 326 g/mol. The van der Waals surface area contributed by atoms with E-state index in [4.69, 9.17) is 18.9 Å². The van der Waals surface area contributed by atoms with Crippen molar-refractivity contribution in [1.29, 1.82) is 0 Å². The molecule has 2 aromatic carbocycles. The van der Waals surface area contributed by atoms with Crippen LogP contribution in [0.4, 0.5) is 0 Å². The summed E-state index contributed by atoms with van der Waals surface area (Å²) in [6, 6.07) is 16.5. The lowest BCUT2D eigenvalue weighted by Gasteiger charge is -2.13. The van der Waals surface area contributed by atoms with Crippen molar-refractivity contribution in [2.75, 3.05) is 26.4 Å². The minimum absolute atomic E-state index is 0.275. The number of rotatable bonds is 9. The third-order valence-corrected chi connectivity index (χ3v) is 4.26. The maximum absolute atomic E-state index is 5.89. The lowest BCUT2D eigenvalue weighted by atomic mass is 10.0. The molecule has 2 heterocycles. The van der Waals surface area contributed by atoms with Gasteiger partial charge in [0.15, 0.2) is 0 Å². The fraction of sp³-hybridized carbons (Fsp3) is 0.400. The van der Waals surface area contributed by atoms with Crippen LogP contribution in [0.1, 0.15) is 11.1 Å². The maximum Gasteiger partial charge on any atom is 0.122 e. The number of para-hydroxylation sites is 2. The molecule has 2 aliphatic heterocycles. The van der Waals surface area contributed by atoms with Gasteiger partial charge in [0.2, 0.25) is 0 Å². The van der Waals surface area contributed by atoms with Crippen molar-refractivity contribution in [3.05, 3.63) is 59.7 Å². The third kappa shape index (κ3) is 4.28. The zero-order valence-corrected chi connectivity index (χ0v) is 13.6. The van der Waals surface area contributed by atoms with E-state index in [0.29, 0.717) is 13.2 Å². The van der Waals surface area contributed by atoms with Crippen LogP contribution in [0.3, 0.4) is 0 Å². The average Bonchev–Trinajstić information content (AvgIpc) is 3.52. The molecular weight excluding hydrogens is 304 g/mol. The van der Waals surface area contributed by atoms with Crippen molar-refractivity contribution in [2.45, 2.75) is 25.0 Å². The van der Waals surface area contributed by atoms with Crippen molar-refractivity contribution >= 4 is 0 Å². The standard InChI is InChI=1S/C20H22O4/c1-3-7-19(23-13-17-11-21-17)15(5-1)9-10-16-6-2-4-8-20(16)24-14-18-12-22-18/h1-8,17-18H,9-14H2. The van der Waals surface area contributed by atoms with Crippen LogP contribution in [-0.2, 0) is 22.3 Å². The molecule has 0 amide bonds. The van der Waals surface area contributed by atoms with Gasteiger partial charge in [0.1, 0.15) is 36.9 Å². The fourth-order valence-electron chi connectivity index (χ4n) is 2.67. The Morgan fingerprint density at radius 3 is 1.54 bits per heavy atom. The zero-order chi connectivity index (χ0) is 16.2. The predicted molar refractivity (Wildman–Crippen MR) is 90.8 cm³/mol. The summed E-state index contributed by atoms with van der Waals surface area (Å²) in [5.41, 5.74) is 2.44. The van der Waals surface area contributed by atoms with Crippen LogP contribution >= 0.6 is 0 Å². The second kappa shape index (κ2) is 7.24.